The van der Waals surface area contributed by atoms with Crippen molar-refractivity contribution in [1.29, 1.82) is 0 Å². The Morgan fingerprint density at radius 3 is 2.75 bits per heavy atom. The van der Waals surface area contributed by atoms with Crippen LogP contribution in [0.4, 0.5) is 0 Å². The van der Waals surface area contributed by atoms with Gasteiger partial charge in [-0.15, -0.1) is 11.8 Å². The molecule has 0 aromatic rings. The Hall–Kier alpha value is 0.310. The van der Waals surface area contributed by atoms with Gasteiger partial charge in [-0.3, -0.25) is 0 Å². The van der Waals surface area contributed by atoms with Crippen molar-refractivity contribution in [3.63, 3.8) is 0 Å². The second-order valence-electron chi connectivity index (χ2n) is 4.29. The van der Waals surface area contributed by atoms with E-state index in [4.69, 9.17) is 0 Å². The molecule has 1 aliphatic rings. The molecule has 72 valence electrons. The number of thioether (sulfide) groups is 1. The molecule has 0 radical (unpaired) electrons. The van der Waals surface area contributed by atoms with E-state index in [1.54, 1.807) is 0 Å². The average molecular weight is 187 g/mol. The van der Waals surface area contributed by atoms with Crippen LogP contribution in [0.1, 0.15) is 40.0 Å². The van der Waals surface area contributed by atoms with E-state index < -0.39 is 0 Å². The zero-order chi connectivity index (χ0) is 9.03. The van der Waals surface area contributed by atoms with E-state index in [0.29, 0.717) is 4.87 Å². The molecule has 1 rings (SSSR count). The highest BCUT2D eigenvalue weighted by Gasteiger charge is 2.26. The molecule has 1 saturated heterocycles. The summed E-state index contributed by atoms with van der Waals surface area (Å²) in [5.41, 5.74) is 0. The van der Waals surface area contributed by atoms with E-state index in [1.165, 1.54) is 31.6 Å². The normalized spacial score (nSPS) is 31.0. The minimum atomic E-state index is 0.377. The van der Waals surface area contributed by atoms with Gasteiger partial charge in [0, 0.05) is 0 Å². The molecule has 1 fully saturated rings. The summed E-state index contributed by atoms with van der Waals surface area (Å²) in [5, 5.41) is 3.61. The minimum absolute atomic E-state index is 0.377. The van der Waals surface area contributed by atoms with Crippen LogP contribution in [0.15, 0.2) is 0 Å². The lowest BCUT2D eigenvalue weighted by Gasteiger charge is -2.34. The Labute approximate surface area is 80.7 Å². The van der Waals surface area contributed by atoms with Crippen molar-refractivity contribution in [3.8, 4) is 0 Å². The molecule has 0 aromatic carbocycles. The minimum Gasteiger partial charge on any atom is -0.303 e. The van der Waals surface area contributed by atoms with E-state index in [0.717, 1.165) is 5.92 Å². The summed E-state index contributed by atoms with van der Waals surface area (Å²) in [6.45, 7) is 8.16. The summed E-state index contributed by atoms with van der Waals surface area (Å²) in [6.07, 6.45) is 3.99. The fourth-order valence-corrected chi connectivity index (χ4v) is 2.70. The first-order valence-electron chi connectivity index (χ1n) is 5.01. The van der Waals surface area contributed by atoms with Crippen LogP contribution in [-0.4, -0.2) is 17.2 Å². The predicted octanol–water partition coefficient (Wildman–Crippen LogP) is 2.87. The predicted molar refractivity (Wildman–Crippen MR) is 57.6 cm³/mol. The molecule has 12 heavy (non-hydrogen) atoms. The number of rotatable bonds is 3. The first-order valence-corrected chi connectivity index (χ1v) is 6.00. The highest BCUT2D eigenvalue weighted by molar-refractivity contribution is 8.00. The third-order valence-corrected chi connectivity index (χ3v) is 3.92. The molecule has 1 unspecified atom stereocenters. The van der Waals surface area contributed by atoms with Crippen molar-refractivity contribution in [3.05, 3.63) is 0 Å². The zero-order valence-electron chi connectivity index (χ0n) is 8.52. The van der Waals surface area contributed by atoms with Gasteiger partial charge in [0.1, 0.15) is 0 Å². The molecule has 0 bridgehead atoms. The second kappa shape index (κ2) is 4.52. The molecule has 1 N–H and O–H groups in total. The molecule has 1 aliphatic heterocycles. The topological polar surface area (TPSA) is 12.0 Å². The van der Waals surface area contributed by atoms with Crippen molar-refractivity contribution in [2.75, 3.05) is 12.3 Å². The number of nitrogens with one attached hydrogen (secondary N) is 1. The molecule has 2 heteroatoms. The van der Waals surface area contributed by atoms with Gasteiger partial charge in [-0.1, -0.05) is 13.8 Å². The SMILES string of the molecule is CC(C)CCC1(C)NCCCS1. The summed E-state index contributed by atoms with van der Waals surface area (Å²) in [4.78, 5) is 0.377. The summed E-state index contributed by atoms with van der Waals surface area (Å²) in [5.74, 6) is 2.17. The Balaban J connectivity index is 2.26. The lowest BCUT2D eigenvalue weighted by atomic mass is 10.0. The highest BCUT2D eigenvalue weighted by Crippen LogP contribution is 2.31. The summed E-state index contributed by atoms with van der Waals surface area (Å²) >= 11 is 2.10. The van der Waals surface area contributed by atoms with E-state index in [1.807, 2.05) is 0 Å². The Bertz CT molecular complexity index is 128. The van der Waals surface area contributed by atoms with Crippen LogP contribution >= 0.6 is 11.8 Å². The number of hydrogen-bond acceptors (Lipinski definition) is 2. The third-order valence-electron chi connectivity index (χ3n) is 2.44. The number of hydrogen-bond donors (Lipinski definition) is 1. The molecule has 1 nitrogen and oxygen atoms in total. The standard InChI is InChI=1S/C10H21NS/c1-9(2)5-6-10(3)11-7-4-8-12-10/h9,11H,4-8H2,1-3H3. The van der Waals surface area contributed by atoms with Crippen molar-refractivity contribution >= 4 is 11.8 Å². The van der Waals surface area contributed by atoms with Gasteiger partial charge >= 0.3 is 0 Å². The van der Waals surface area contributed by atoms with Gasteiger partial charge in [0.05, 0.1) is 4.87 Å². The van der Waals surface area contributed by atoms with Crippen molar-refractivity contribution in [1.82, 2.24) is 5.32 Å². The maximum Gasteiger partial charge on any atom is 0.0616 e. The molecule has 1 heterocycles. The fraction of sp³-hybridized carbons (Fsp3) is 1.00. The summed E-state index contributed by atoms with van der Waals surface area (Å²) < 4.78 is 0. The molecular formula is C10H21NS. The van der Waals surface area contributed by atoms with Gasteiger partial charge in [0.25, 0.3) is 0 Å². The van der Waals surface area contributed by atoms with Gasteiger partial charge in [0.15, 0.2) is 0 Å². The first kappa shape index (κ1) is 10.4. The quantitative estimate of drug-likeness (QED) is 0.729. The van der Waals surface area contributed by atoms with E-state index in [9.17, 15) is 0 Å². The molecule has 0 amide bonds. The smallest absolute Gasteiger partial charge is 0.0616 e. The van der Waals surface area contributed by atoms with Crippen LogP contribution in [0.2, 0.25) is 0 Å². The largest absolute Gasteiger partial charge is 0.303 e. The van der Waals surface area contributed by atoms with Gasteiger partial charge in [-0.25, -0.2) is 0 Å². The lowest BCUT2D eigenvalue weighted by molar-refractivity contribution is 0.410. The van der Waals surface area contributed by atoms with Gasteiger partial charge in [-0.05, 0) is 44.4 Å². The van der Waals surface area contributed by atoms with Crippen LogP contribution in [0, 0.1) is 5.92 Å². The molecular weight excluding hydrogens is 166 g/mol. The Kier molecular flexibility index (Phi) is 3.91. The van der Waals surface area contributed by atoms with Crippen molar-refractivity contribution in [2.45, 2.75) is 44.9 Å². The van der Waals surface area contributed by atoms with Crippen LogP contribution < -0.4 is 5.32 Å². The van der Waals surface area contributed by atoms with Gasteiger partial charge in [0.2, 0.25) is 0 Å². The van der Waals surface area contributed by atoms with Crippen molar-refractivity contribution < 1.29 is 0 Å². The van der Waals surface area contributed by atoms with E-state index in [2.05, 4.69) is 37.8 Å². The zero-order valence-corrected chi connectivity index (χ0v) is 9.34. The Morgan fingerprint density at radius 1 is 1.50 bits per heavy atom. The average Bonchev–Trinajstić information content (AvgIpc) is 2.03. The van der Waals surface area contributed by atoms with E-state index >= 15 is 0 Å². The maximum absolute atomic E-state index is 3.61. The van der Waals surface area contributed by atoms with Gasteiger partial charge in [-0.2, -0.15) is 0 Å². The van der Waals surface area contributed by atoms with Crippen LogP contribution in [0.3, 0.4) is 0 Å². The van der Waals surface area contributed by atoms with Crippen LogP contribution in [0.5, 0.6) is 0 Å². The lowest BCUT2D eigenvalue weighted by Crippen LogP contribution is -2.43. The first-order chi connectivity index (χ1) is 5.62. The van der Waals surface area contributed by atoms with Gasteiger partial charge < -0.3 is 5.32 Å². The molecule has 0 spiro atoms. The highest BCUT2D eigenvalue weighted by atomic mass is 32.2. The van der Waals surface area contributed by atoms with Crippen molar-refractivity contribution in [2.24, 2.45) is 5.92 Å². The fourth-order valence-electron chi connectivity index (χ4n) is 1.50. The molecule has 0 aromatic heterocycles. The second-order valence-corrected chi connectivity index (χ2v) is 5.89. The monoisotopic (exact) mass is 187 g/mol. The molecule has 1 atom stereocenters. The Morgan fingerprint density at radius 2 is 2.25 bits per heavy atom. The van der Waals surface area contributed by atoms with Crippen LogP contribution in [-0.2, 0) is 0 Å². The maximum atomic E-state index is 3.61. The molecule has 0 aliphatic carbocycles. The molecule has 0 saturated carbocycles. The summed E-state index contributed by atoms with van der Waals surface area (Å²) in [7, 11) is 0. The van der Waals surface area contributed by atoms with E-state index in [-0.39, 0.29) is 0 Å². The third kappa shape index (κ3) is 3.36. The summed E-state index contributed by atoms with van der Waals surface area (Å²) in [6, 6.07) is 0. The van der Waals surface area contributed by atoms with Crippen LogP contribution in [0.25, 0.3) is 0 Å².